The molecule has 0 radical (unpaired) electrons. The van der Waals surface area contributed by atoms with Gasteiger partial charge in [0.15, 0.2) is 0 Å². The first-order valence-corrected chi connectivity index (χ1v) is 6.04. The molecule has 0 aliphatic heterocycles. The fraction of sp³-hybridized carbons (Fsp3) is 0.500. The quantitative estimate of drug-likeness (QED) is 0.789. The number of rotatable bonds is 4. The van der Waals surface area contributed by atoms with Crippen LogP contribution in [0, 0.1) is 0 Å². The summed E-state index contributed by atoms with van der Waals surface area (Å²) in [5.74, 6) is 0. The van der Waals surface area contributed by atoms with Crippen LogP contribution in [0.3, 0.4) is 0 Å². The van der Waals surface area contributed by atoms with E-state index in [1.807, 2.05) is 19.0 Å². The van der Waals surface area contributed by atoms with Crippen molar-refractivity contribution in [3.05, 3.63) is 23.5 Å². The molecule has 1 aromatic rings. The number of likely N-dealkylation sites (N-methyl/N-ethyl adjacent to an activating group) is 1. The molecule has 8 heteroatoms. The van der Waals surface area contributed by atoms with Gasteiger partial charge in [0.25, 0.3) is 0 Å². The van der Waals surface area contributed by atoms with Crippen molar-refractivity contribution in [1.82, 2.24) is 14.8 Å². The van der Waals surface area contributed by atoms with Crippen LogP contribution in [0.2, 0.25) is 5.15 Å². The van der Waals surface area contributed by atoms with Gasteiger partial charge in [0, 0.05) is 33.4 Å². The predicted molar refractivity (Wildman–Crippen MR) is 88.7 cm³/mol. The van der Waals surface area contributed by atoms with Crippen molar-refractivity contribution in [2.24, 2.45) is 0 Å². The van der Waals surface area contributed by atoms with E-state index in [0.29, 0.717) is 11.7 Å². The first-order valence-electron chi connectivity index (χ1n) is 5.67. The molecule has 5 nitrogen and oxygen atoms in total. The zero-order valence-corrected chi connectivity index (χ0v) is 14.4. The van der Waals surface area contributed by atoms with E-state index in [2.05, 4.69) is 4.98 Å². The van der Waals surface area contributed by atoms with Gasteiger partial charge in [0.2, 0.25) is 0 Å². The van der Waals surface area contributed by atoms with Crippen LogP contribution in [0.4, 0.5) is 10.5 Å². The molecule has 0 saturated carbocycles. The lowest BCUT2D eigenvalue weighted by molar-refractivity contribution is 0.223. The van der Waals surface area contributed by atoms with Crippen LogP contribution in [0.15, 0.2) is 18.3 Å². The zero-order valence-electron chi connectivity index (χ0n) is 12.0. The van der Waals surface area contributed by atoms with Gasteiger partial charge in [-0.05, 0) is 26.2 Å². The SMILES string of the molecule is CN(C)CCN(C(=O)N(C)C)c1ccnc(Cl)c1.Cl.Cl. The van der Waals surface area contributed by atoms with Crippen LogP contribution in [-0.4, -0.2) is 62.1 Å². The summed E-state index contributed by atoms with van der Waals surface area (Å²) in [6.07, 6.45) is 1.60. The fourth-order valence-corrected chi connectivity index (χ4v) is 1.60. The van der Waals surface area contributed by atoms with Crippen molar-refractivity contribution >= 4 is 48.1 Å². The van der Waals surface area contributed by atoms with Crippen molar-refractivity contribution in [3.63, 3.8) is 0 Å². The minimum atomic E-state index is -0.0703. The lowest BCUT2D eigenvalue weighted by atomic mass is 10.3. The minimum Gasteiger partial charge on any atom is -0.330 e. The maximum atomic E-state index is 12.1. The van der Waals surface area contributed by atoms with E-state index >= 15 is 0 Å². The molecule has 20 heavy (non-hydrogen) atoms. The first kappa shape index (κ1) is 21.5. The van der Waals surface area contributed by atoms with E-state index in [9.17, 15) is 4.79 Å². The Hall–Kier alpha value is -0.750. The Balaban J connectivity index is 0. The Morgan fingerprint density at radius 3 is 2.25 bits per heavy atom. The van der Waals surface area contributed by atoms with Crippen molar-refractivity contribution < 1.29 is 4.79 Å². The number of hydrogen-bond donors (Lipinski definition) is 0. The molecule has 0 unspecified atom stereocenters. The highest BCUT2D eigenvalue weighted by atomic mass is 35.5. The van der Waals surface area contributed by atoms with Crippen molar-refractivity contribution in [2.45, 2.75) is 0 Å². The van der Waals surface area contributed by atoms with Crippen molar-refractivity contribution in [1.29, 1.82) is 0 Å². The molecule has 0 bridgehead atoms. The summed E-state index contributed by atoms with van der Waals surface area (Å²) in [5, 5.41) is 0.383. The Labute approximate surface area is 137 Å². The third-order valence-electron chi connectivity index (χ3n) is 2.41. The maximum Gasteiger partial charge on any atom is 0.324 e. The van der Waals surface area contributed by atoms with Gasteiger partial charge in [0.1, 0.15) is 5.15 Å². The Kier molecular flexibility index (Phi) is 10.8. The number of carbonyl (C=O) groups excluding carboxylic acids is 1. The van der Waals surface area contributed by atoms with Crippen molar-refractivity contribution in [3.8, 4) is 0 Å². The molecule has 0 aromatic carbocycles. The van der Waals surface area contributed by atoms with Crippen LogP contribution in [-0.2, 0) is 0 Å². The van der Waals surface area contributed by atoms with E-state index in [1.165, 1.54) is 0 Å². The molecule has 1 rings (SSSR count). The van der Waals surface area contributed by atoms with Gasteiger partial charge >= 0.3 is 6.03 Å². The number of carbonyl (C=O) groups is 1. The molecular formula is C12H21Cl3N4O. The smallest absolute Gasteiger partial charge is 0.324 e. The number of halogens is 3. The molecule has 0 aliphatic carbocycles. The number of aromatic nitrogens is 1. The summed E-state index contributed by atoms with van der Waals surface area (Å²) < 4.78 is 0. The highest BCUT2D eigenvalue weighted by Crippen LogP contribution is 2.18. The highest BCUT2D eigenvalue weighted by molar-refractivity contribution is 6.29. The number of urea groups is 1. The van der Waals surface area contributed by atoms with Gasteiger partial charge in [0.05, 0.1) is 5.69 Å². The normalized spacial score (nSPS) is 9.50. The second kappa shape index (κ2) is 10.0. The van der Waals surface area contributed by atoms with E-state index in [0.717, 1.165) is 12.2 Å². The van der Waals surface area contributed by atoms with E-state index in [4.69, 9.17) is 11.6 Å². The van der Waals surface area contributed by atoms with E-state index < -0.39 is 0 Å². The van der Waals surface area contributed by atoms with Gasteiger partial charge in [-0.15, -0.1) is 24.8 Å². The maximum absolute atomic E-state index is 12.1. The third-order valence-corrected chi connectivity index (χ3v) is 2.61. The molecule has 116 valence electrons. The first-order chi connectivity index (χ1) is 8.41. The van der Waals surface area contributed by atoms with Crippen LogP contribution >= 0.6 is 36.4 Å². The van der Waals surface area contributed by atoms with Crippen LogP contribution < -0.4 is 4.90 Å². The second-order valence-corrected chi connectivity index (χ2v) is 4.86. The van der Waals surface area contributed by atoms with Crippen LogP contribution in [0.1, 0.15) is 0 Å². The number of nitrogens with zero attached hydrogens (tertiary/aromatic N) is 4. The molecule has 0 N–H and O–H groups in total. The average molecular weight is 344 g/mol. The molecule has 0 saturated heterocycles. The summed E-state index contributed by atoms with van der Waals surface area (Å²) >= 11 is 5.86. The Morgan fingerprint density at radius 2 is 1.80 bits per heavy atom. The summed E-state index contributed by atoms with van der Waals surface area (Å²) in [5.41, 5.74) is 0.760. The molecule has 0 fully saturated rings. The molecule has 0 spiro atoms. The largest absolute Gasteiger partial charge is 0.330 e. The number of anilines is 1. The lowest BCUT2D eigenvalue weighted by Gasteiger charge is -2.27. The van der Waals surface area contributed by atoms with Crippen LogP contribution in [0.25, 0.3) is 0 Å². The summed E-state index contributed by atoms with van der Waals surface area (Å²) in [6.45, 7) is 1.38. The van der Waals surface area contributed by atoms with Crippen molar-refractivity contribution in [2.75, 3.05) is 46.2 Å². The van der Waals surface area contributed by atoms with Gasteiger partial charge in [-0.25, -0.2) is 9.78 Å². The predicted octanol–water partition coefficient (Wildman–Crippen LogP) is 2.63. The molecule has 1 aromatic heterocycles. The fourth-order valence-electron chi connectivity index (χ4n) is 1.44. The molecule has 1 heterocycles. The monoisotopic (exact) mass is 342 g/mol. The minimum absolute atomic E-state index is 0. The summed E-state index contributed by atoms with van der Waals surface area (Å²) in [6, 6.07) is 3.40. The summed E-state index contributed by atoms with van der Waals surface area (Å²) in [7, 11) is 7.40. The summed E-state index contributed by atoms with van der Waals surface area (Å²) in [4.78, 5) is 21.3. The molecular weight excluding hydrogens is 323 g/mol. The van der Waals surface area contributed by atoms with Gasteiger partial charge in [-0.3, -0.25) is 4.90 Å². The van der Waals surface area contributed by atoms with E-state index in [-0.39, 0.29) is 30.8 Å². The molecule has 2 amide bonds. The third kappa shape index (κ3) is 6.61. The number of hydrogen-bond acceptors (Lipinski definition) is 3. The number of amides is 2. The topological polar surface area (TPSA) is 39.7 Å². The number of pyridine rings is 1. The van der Waals surface area contributed by atoms with Gasteiger partial charge in [-0.1, -0.05) is 11.6 Å². The molecule has 0 aliphatic rings. The second-order valence-electron chi connectivity index (χ2n) is 4.47. The van der Waals surface area contributed by atoms with Gasteiger partial charge < -0.3 is 9.80 Å². The zero-order chi connectivity index (χ0) is 13.7. The van der Waals surface area contributed by atoms with Crippen LogP contribution in [0.5, 0.6) is 0 Å². The van der Waals surface area contributed by atoms with Gasteiger partial charge in [-0.2, -0.15) is 0 Å². The average Bonchev–Trinajstić information content (AvgIpc) is 2.28. The standard InChI is InChI=1S/C12H19ClN4O.2ClH/c1-15(2)7-8-17(12(18)16(3)4)10-5-6-14-11(13)9-10;;/h5-6,9H,7-8H2,1-4H3;2*1H. The highest BCUT2D eigenvalue weighted by Gasteiger charge is 2.17. The molecule has 0 atom stereocenters. The Morgan fingerprint density at radius 1 is 1.20 bits per heavy atom. The Bertz CT molecular complexity index is 415. The lowest BCUT2D eigenvalue weighted by Crippen LogP contribution is -2.42. The van der Waals surface area contributed by atoms with E-state index in [1.54, 1.807) is 42.2 Å².